The predicted molar refractivity (Wildman–Crippen MR) is 76.4 cm³/mol. The molecule has 1 heterocycles. The van der Waals surface area contributed by atoms with E-state index in [9.17, 15) is 22.0 Å². The molecule has 1 fully saturated rings. The largest absolute Gasteiger partial charge is 0.419 e. The zero-order valence-corrected chi connectivity index (χ0v) is 12.6. The molecule has 2 nitrogen and oxygen atoms in total. The predicted octanol–water partition coefficient (Wildman–Crippen LogP) is 3.57. The van der Waals surface area contributed by atoms with Crippen molar-refractivity contribution in [3.63, 3.8) is 0 Å². The van der Waals surface area contributed by atoms with E-state index in [0.29, 0.717) is 18.7 Å². The second kappa shape index (κ2) is 8.08. The summed E-state index contributed by atoms with van der Waals surface area (Å²) in [6.45, 7) is 2.18. The van der Waals surface area contributed by atoms with Crippen molar-refractivity contribution in [3.8, 4) is 0 Å². The number of hydrogen-bond donors (Lipinski definition) is 1. The SMILES string of the molecule is Cl.FCC[C@H](c1ccc(C(F)(F)F)c(F)c1)N1CCNCC1. The Labute approximate surface area is 132 Å². The summed E-state index contributed by atoms with van der Waals surface area (Å²) in [5.74, 6) is -1.31. The number of nitrogens with one attached hydrogen (secondary N) is 1. The minimum Gasteiger partial charge on any atom is -0.314 e. The van der Waals surface area contributed by atoms with Crippen LogP contribution in [0.2, 0.25) is 0 Å². The van der Waals surface area contributed by atoms with Crippen LogP contribution in [0.5, 0.6) is 0 Å². The normalized spacial score (nSPS) is 17.9. The quantitative estimate of drug-likeness (QED) is 0.840. The van der Waals surface area contributed by atoms with E-state index in [-0.39, 0.29) is 18.8 Å². The van der Waals surface area contributed by atoms with Gasteiger partial charge in [0.2, 0.25) is 0 Å². The highest BCUT2D eigenvalue weighted by Crippen LogP contribution is 2.34. The number of halogens is 6. The maximum Gasteiger partial charge on any atom is 0.419 e. The molecule has 0 saturated carbocycles. The maximum absolute atomic E-state index is 13.7. The molecule has 8 heteroatoms. The minimum absolute atomic E-state index is 0. The first-order chi connectivity index (χ1) is 9.93. The van der Waals surface area contributed by atoms with E-state index < -0.39 is 30.3 Å². The van der Waals surface area contributed by atoms with Crippen molar-refractivity contribution in [2.24, 2.45) is 0 Å². The van der Waals surface area contributed by atoms with E-state index in [1.807, 2.05) is 4.90 Å². The van der Waals surface area contributed by atoms with Crippen LogP contribution in [0, 0.1) is 5.82 Å². The van der Waals surface area contributed by atoms with Crippen molar-refractivity contribution in [1.82, 2.24) is 10.2 Å². The van der Waals surface area contributed by atoms with Crippen LogP contribution in [0.25, 0.3) is 0 Å². The van der Waals surface area contributed by atoms with Gasteiger partial charge in [-0.15, -0.1) is 12.4 Å². The Morgan fingerprint density at radius 2 is 1.82 bits per heavy atom. The van der Waals surface area contributed by atoms with Gasteiger partial charge < -0.3 is 5.32 Å². The molecule has 0 unspecified atom stereocenters. The summed E-state index contributed by atoms with van der Waals surface area (Å²) < 4.78 is 64.1. The molecule has 1 aliphatic rings. The molecule has 1 saturated heterocycles. The lowest BCUT2D eigenvalue weighted by atomic mass is 9.99. The standard InChI is InChI=1S/C14H17F5N2.ClH/c15-4-3-13(21-7-5-20-6-8-21)10-1-2-11(12(16)9-10)14(17,18)19;/h1-2,9,13,20H,3-8H2;1H/t13-;/m1./s1. The highest BCUT2D eigenvalue weighted by molar-refractivity contribution is 5.85. The van der Waals surface area contributed by atoms with Crippen molar-refractivity contribution < 1.29 is 22.0 Å². The van der Waals surface area contributed by atoms with Gasteiger partial charge in [-0.25, -0.2) is 4.39 Å². The number of hydrogen-bond acceptors (Lipinski definition) is 2. The third-order valence-electron chi connectivity index (χ3n) is 3.66. The van der Waals surface area contributed by atoms with Gasteiger partial charge >= 0.3 is 6.18 Å². The smallest absolute Gasteiger partial charge is 0.314 e. The second-order valence-corrected chi connectivity index (χ2v) is 5.02. The van der Waals surface area contributed by atoms with Gasteiger partial charge in [-0.05, 0) is 24.1 Å². The Balaban J connectivity index is 0.00000242. The summed E-state index contributed by atoms with van der Waals surface area (Å²) in [6, 6.07) is 2.46. The zero-order chi connectivity index (χ0) is 15.5. The molecule has 1 aromatic rings. The summed E-state index contributed by atoms with van der Waals surface area (Å²) in [5, 5.41) is 3.15. The van der Waals surface area contributed by atoms with E-state index in [1.54, 1.807) is 0 Å². The average molecular weight is 345 g/mol. The van der Waals surface area contributed by atoms with Gasteiger partial charge in [0.1, 0.15) is 5.82 Å². The monoisotopic (exact) mass is 344 g/mol. The molecule has 126 valence electrons. The highest BCUT2D eigenvalue weighted by Gasteiger charge is 2.34. The molecule has 0 aromatic heterocycles. The maximum atomic E-state index is 13.7. The van der Waals surface area contributed by atoms with Crippen molar-refractivity contribution in [3.05, 3.63) is 35.1 Å². The second-order valence-electron chi connectivity index (χ2n) is 5.02. The number of nitrogens with zero attached hydrogens (tertiary/aromatic N) is 1. The summed E-state index contributed by atoms with van der Waals surface area (Å²) >= 11 is 0. The van der Waals surface area contributed by atoms with Crippen LogP contribution >= 0.6 is 12.4 Å². The Morgan fingerprint density at radius 1 is 1.18 bits per heavy atom. The van der Waals surface area contributed by atoms with Gasteiger partial charge in [-0.1, -0.05) is 6.07 Å². The van der Waals surface area contributed by atoms with Crippen molar-refractivity contribution in [1.29, 1.82) is 0 Å². The van der Waals surface area contributed by atoms with Gasteiger partial charge in [0.25, 0.3) is 0 Å². The molecule has 0 aliphatic carbocycles. The van der Waals surface area contributed by atoms with Gasteiger partial charge in [0.05, 0.1) is 12.2 Å². The summed E-state index contributed by atoms with van der Waals surface area (Å²) in [7, 11) is 0. The lowest BCUT2D eigenvalue weighted by Crippen LogP contribution is -2.45. The van der Waals surface area contributed by atoms with Gasteiger partial charge in [0.15, 0.2) is 0 Å². The third kappa shape index (κ3) is 4.54. The number of piperazine rings is 1. The molecule has 0 amide bonds. The van der Waals surface area contributed by atoms with Crippen LogP contribution in [-0.2, 0) is 6.18 Å². The van der Waals surface area contributed by atoms with Crippen LogP contribution in [0.15, 0.2) is 18.2 Å². The molecule has 2 rings (SSSR count). The molecule has 1 N–H and O–H groups in total. The molecule has 0 spiro atoms. The zero-order valence-electron chi connectivity index (χ0n) is 11.8. The highest BCUT2D eigenvalue weighted by atomic mass is 35.5. The van der Waals surface area contributed by atoms with Crippen LogP contribution in [0.3, 0.4) is 0 Å². The first-order valence-corrected chi connectivity index (χ1v) is 6.81. The fourth-order valence-corrected chi connectivity index (χ4v) is 2.63. The Hall–Kier alpha value is -0.920. The molecular weight excluding hydrogens is 327 g/mol. The number of rotatable bonds is 4. The van der Waals surface area contributed by atoms with E-state index in [4.69, 9.17) is 0 Å². The van der Waals surface area contributed by atoms with Crippen molar-refractivity contribution >= 4 is 12.4 Å². The molecule has 1 atom stereocenters. The van der Waals surface area contributed by atoms with Crippen molar-refractivity contribution in [2.75, 3.05) is 32.9 Å². The Kier molecular flexibility index (Phi) is 7.02. The molecule has 0 radical (unpaired) electrons. The van der Waals surface area contributed by atoms with Crippen molar-refractivity contribution in [2.45, 2.75) is 18.6 Å². The van der Waals surface area contributed by atoms with Crippen LogP contribution in [0.1, 0.15) is 23.6 Å². The first-order valence-electron chi connectivity index (χ1n) is 6.81. The average Bonchev–Trinajstić information content (AvgIpc) is 2.44. The molecule has 1 aliphatic heterocycles. The van der Waals surface area contributed by atoms with Gasteiger partial charge in [-0.3, -0.25) is 9.29 Å². The first kappa shape index (κ1) is 19.1. The van der Waals surface area contributed by atoms with E-state index in [1.165, 1.54) is 6.07 Å². The van der Waals surface area contributed by atoms with E-state index in [2.05, 4.69) is 5.32 Å². The van der Waals surface area contributed by atoms with Gasteiger partial charge in [0, 0.05) is 32.2 Å². The lowest BCUT2D eigenvalue weighted by molar-refractivity contribution is -0.140. The van der Waals surface area contributed by atoms with Crippen LogP contribution in [0.4, 0.5) is 22.0 Å². The molecular formula is C14H18ClF5N2. The Bertz CT molecular complexity index is 475. The number of alkyl halides is 4. The molecule has 0 bridgehead atoms. The third-order valence-corrected chi connectivity index (χ3v) is 3.66. The Morgan fingerprint density at radius 3 is 2.32 bits per heavy atom. The fraction of sp³-hybridized carbons (Fsp3) is 0.571. The molecule has 22 heavy (non-hydrogen) atoms. The summed E-state index contributed by atoms with van der Waals surface area (Å²) in [6.07, 6.45) is -4.57. The van der Waals surface area contributed by atoms with Crippen LogP contribution in [-0.4, -0.2) is 37.8 Å². The van der Waals surface area contributed by atoms with E-state index in [0.717, 1.165) is 25.2 Å². The topological polar surface area (TPSA) is 15.3 Å². The van der Waals surface area contributed by atoms with E-state index >= 15 is 0 Å². The number of benzene rings is 1. The molecule has 1 aromatic carbocycles. The summed E-state index contributed by atoms with van der Waals surface area (Å²) in [4.78, 5) is 1.97. The lowest BCUT2D eigenvalue weighted by Gasteiger charge is -2.35. The summed E-state index contributed by atoms with van der Waals surface area (Å²) in [5.41, 5.74) is -0.898. The van der Waals surface area contributed by atoms with Crippen LogP contribution < -0.4 is 5.32 Å². The fourth-order valence-electron chi connectivity index (χ4n) is 2.63. The minimum atomic E-state index is -4.72. The van der Waals surface area contributed by atoms with Gasteiger partial charge in [-0.2, -0.15) is 13.2 Å².